The predicted octanol–water partition coefficient (Wildman–Crippen LogP) is 3.97. The van der Waals surface area contributed by atoms with Crippen molar-refractivity contribution in [1.29, 1.82) is 0 Å². The molecule has 1 atom stereocenters. The fourth-order valence-electron chi connectivity index (χ4n) is 4.21. The summed E-state index contributed by atoms with van der Waals surface area (Å²) in [5.41, 5.74) is 3.86. The van der Waals surface area contributed by atoms with Crippen molar-refractivity contribution < 1.29 is 9.59 Å². The highest BCUT2D eigenvalue weighted by molar-refractivity contribution is 6.01. The van der Waals surface area contributed by atoms with Gasteiger partial charge >= 0.3 is 0 Å². The Morgan fingerprint density at radius 3 is 2.54 bits per heavy atom. The van der Waals surface area contributed by atoms with Gasteiger partial charge in [0, 0.05) is 54.3 Å². The molecule has 0 saturated heterocycles. The monoisotopic (exact) mass is 375 g/mol. The summed E-state index contributed by atoms with van der Waals surface area (Å²) < 4.78 is 0. The molecule has 2 heterocycles. The Hall–Kier alpha value is -3.08. The Bertz CT molecular complexity index is 1020. The van der Waals surface area contributed by atoms with E-state index in [4.69, 9.17) is 0 Å². The maximum atomic E-state index is 13.2. The second-order valence-corrected chi connectivity index (χ2v) is 7.09. The van der Waals surface area contributed by atoms with E-state index in [9.17, 15) is 9.59 Å². The van der Waals surface area contributed by atoms with Crippen LogP contribution in [0.4, 0.5) is 0 Å². The maximum absolute atomic E-state index is 13.2. The van der Waals surface area contributed by atoms with Crippen molar-refractivity contribution in [3.63, 3.8) is 0 Å². The Morgan fingerprint density at radius 2 is 1.75 bits per heavy atom. The van der Waals surface area contributed by atoms with Crippen molar-refractivity contribution in [1.82, 2.24) is 14.8 Å². The van der Waals surface area contributed by atoms with E-state index in [1.807, 2.05) is 72.3 Å². The lowest BCUT2D eigenvalue weighted by molar-refractivity contribution is -0.131. The quantitative estimate of drug-likeness (QED) is 0.709. The van der Waals surface area contributed by atoms with Crippen molar-refractivity contribution >= 4 is 22.7 Å². The van der Waals surface area contributed by atoms with Gasteiger partial charge in [-0.05, 0) is 31.5 Å². The molecule has 3 aromatic rings. The molecule has 1 unspecified atom stereocenters. The SMILES string of the molecule is CCN(CC)C(=O)CCN1C(=O)c2ccccc2C1c1c[nH]c2ccccc12. The van der Waals surface area contributed by atoms with Gasteiger partial charge in [0.25, 0.3) is 5.91 Å². The number of nitrogens with zero attached hydrogens (tertiary/aromatic N) is 2. The van der Waals surface area contributed by atoms with Gasteiger partial charge in [0.15, 0.2) is 0 Å². The summed E-state index contributed by atoms with van der Waals surface area (Å²) in [6, 6.07) is 15.7. The molecule has 0 fully saturated rings. The Morgan fingerprint density at radius 1 is 1.04 bits per heavy atom. The zero-order valence-electron chi connectivity index (χ0n) is 16.3. The number of aromatic amines is 1. The molecule has 1 aromatic heterocycles. The van der Waals surface area contributed by atoms with E-state index < -0.39 is 0 Å². The van der Waals surface area contributed by atoms with E-state index in [-0.39, 0.29) is 17.9 Å². The van der Waals surface area contributed by atoms with Crippen molar-refractivity contribution in [3.8, 4) is 0 Å². The lowest BCUT2D eigenvalue weighted by atomic mass is 9.97. The van der Waals surface area contributed by atoms with Crippen LogP contribution in [0.25, 0.3) is 10.9 Å². The topological polar surface area (TPSA) is 56.4 Å². The Kier molecular flexibility index (Phi) is 4.90. The van der Waals surface area contributed by atoms with Gasteiger partial charge in [0.05, 0.1) is 6.04 Å². The van der Waals surface area contributed by atoms with Crippen LogP contribution in [0.3, 0.4) is 0 Å². The van der Waals surface area contributed by atoms with E-state index in [0.29, 0.717) is 26.1 Å². The largest absolute Gasteiger partial charge is 0.361 e. The van der Waals surface area contributed by atoms with Gasteiger partial charge in [0.2, 0.25) is 5.91 Å². The average molecular weight is 375 g/mol. The number of para-hydroxylation sites is 1. The molecule has 28 heavy (non-hydrogen) atoms. The fraction of sp³-hybridized carbons (Fsp3) is 0.304. The number of carbonyl (C=O) groups excluding carboxylic acids is 2. The summed E-state index contributed by atoms with van der Waals surface area (Å²) >= 11 is 0. The first kappa shape index (κ1) is 18.3. The lowest BCUT2D eigenvalue weighted by Gasteiger charge is -2.26. The number of H-pyrrole nitrogens is 1. The number of aromatic nitrogens is 1. The summed E-state index contributed by atoms with van der Waals surface area (Å²) in [5.74, 6) is 0.0876. The molecule has 0 spiro atoms. The minimum atomic E-state index is -0.177. The molecular weight excluding hydrogens is 350 g/mol. The van der Waals surface area contributed by atoms with Crippen LogP contribution >= 0.6 is 0 Å². The normalized spacial score (nSPS) is 15.9. The maximum Gasteiger partial charge on any atom is 0.255 e. The standard InChI is InChI=1S/C23H25N3O2/c1-3-25(4-2)21(27)13-14-26-22(17-10-5-6-11-18(17)23(26)28)19-15-24-20-12-8-7-9-16(19)20/h5-12,15,22,24H,3-4,13-14H2,1-2H3. The van der Waals surface area contributed by atoms with Crippen molar-refractivity contribution in [2.75, 3.05) is 19.6 Å². The second kappa shape index (κ2) is 7.50. The number of hydrogen-bond acceptors (Lipinski definition) is 2. The zero-order valence-corrected chi connectivity index (χ0v) is 16.3. The molecule has 0 bridgehead atoms. The molecule has 2 amide bonds. The molecule has 5 heteroatoms. The van der Waals surface area contributed by atoms with E-state index in [1.165, 1.54) is 0 Å². The van der Waals surface area contributed by atoms with Crippen LogP contribution in [0.1, 0.15) is 47.8 Å². The van der Waals surface area contributed by atoms with Crippen molar-refractivity contribution in [3.05, 3.63) is 71.4 Å². The van der Waals surface area contributed by atoms with Crippen LogP contribution in [0, 0.1) is 0 Å². The van der Waals surface area contributed by atoms with Crippen molar-refractivity contribution in [2.45, 2.75) is 26.3 Å². The van der Waals surface area contributed by atoms with Crippen molar-refractivity contribution in [2.24, 2.45) is 0 Å². The van der Waals surface area contributed by atoms with Gasteiger partial charge in [-0.25, -0.2) is 0 Å². The fourth-order valence-corrected chi connectivity index (χ4v) is 4.21. The molecule has 1 aliphatic rings. The Labute approximate surface area is 165 Å². The summed E-state index contributed by atoms with van der Waals surface area (Å²) in [4.78, 5) is 32.7. The molecule has 0 saturated carbocycles. The number of nitrogens with one attached hydrogen (secondary N) is 1. The number of fused-ring (bicyclic) bond motifs is 2. The third-order valence-electron chi connectivity index (χ3n) is 5.66. The smallest absolute Gasteiger partial charge is 0.255 e. The van der Waals surface area contributed by atoms with Gasteiger partial charge in [0.1, 0.15) is 0 Å². The summed E-state index contributed by atoms with van der Waals surface area (Å²) in [7, 11) is 0. The Balaban J connectivity index is 1.70. The minimum absolute atomic E-state index is 0.00164. The number of benzene rings is 2. The minimum Gasteiger partial charge on any atom is -0.361 e. The van der Waals surface area contributed by atoms with Gasteiger partial charge in [-0.1, -0.05) is 36.4 Å². The second-order valence-electron chi connectivity index (χ2n) is 7.09. The highest BCUT2D eigenvalue weighted by atomic mass is 16.2. The first-order valence-corrected chi connectivity index (χ1v) is 9.89. The molecule has 2 aromatic carbocycles. The predicted molar refractivity (Wildman–Crippen MR) is 110 cm³/mol. The van der Waals surface area contributed by atoms with Crippen LogP contribution in [0.5, 0.6) is 0 Å². The molecular formula is C23H25N3O2. The van der Waals surface area contributed by atoms with E-state index >= 15 is 0 Å². The molecule has 1 N–H and O–H groups in total. The molecule has 4 rings (SSSR count). The van der Waals surface area contributed by atoms with Gasteiger partial charge < -0.3 is 14.8 Å². The number of amides is 2. The molecule has 1 aliphatic heterocycles. The number of rotatable bonds is 6. The highest BCUT2D eigenvalue weighted by Gasteiger charge is 2.38. The van der Waals surface area contributed by atoms with E-state index in [1.54, 1.807) is 0 Å². The third-order valence-corrected chi connectivity index (χ3v) is 5.66. The lowest BCUT2D eigenvalue weighted by Crippen LogP contribution is -2.36. The van der Waals surface area contributed by atoms with Gasteiger partial charge in [-0.2, -0.15) is 0 Å². The molecule has 0 radical (unpaired) electrons. The van der Waals surface area contributed by atoms with Gasteiger partial charge in [-0.3, -0.25) is 9.59 Å². The van der Waals surface area contributed by atoms with Crippen LogP contribution in [-0.4, -0.2) is 46.2 Å². The first-order valence-electron chi connectivity index (χ1n) is 9.89. The summed E-state index contributed by atoms with van der Waals surface area (Å²) in [6.07, 6.45) is 2.32. The molecule has 5 nitrogen and oxygen atoms in total. The van der Waals surface area contributed by atoms with Gasteiger partial charge in [-0.15, -0.1) is 0 Å². The van der Waals surface area contributed by atoms with E-state index in [0.717, 1.165) is 27.6 Å². The van der Waals surface area contributed by atoms with Crippen LogP contribution < -0.4 is 0 Å². The third kappa shape index (κ3) is 2.97. The van der Waals surface area contributed by atoms with E-state index in [2.05, 4.69) is 11.1 Å². The zero-order chi connectivity index (χ0) is 19.7. The number of hydrogen-bond donors (Lipinski definition) is 1. The molecule has 144 valence electrons. The number of carbonyl (C=O) groups is 2. The molecule has 0 aliphatic carbocycles. The van der Waals surface area contributed by atoms with Crippen LogP contribution in [-0.2, 0) is 4.79 Å². The highest BCUT2D eigenvalue weighted by Crippen LogP contribution is 2.41. The first-order chi connectivity index (χ1) is 13.7. The average Bonchev–Trinajstić information content (AvgIpc) is 3.26. The van der Waals surface area contributed by atoms with Crippen LogP contribution in [0.2, 0.25) is 0 Å². The van der Waals surface area contributed by atoms with Crippen LogP contribution in [0.15, 0.2) is 54.7 Å². The summed E-state index contributed by atoms with van der Waals surface area (Å²) in [6.45, 7) is 5.75. The summed E-state index contributed by atoms with van der Waals surface area (Å²) in [5, 5.41) is 1.11.